The third kappa shape index (κ3) is 3.73. The molecule has 0 fully saturated rings. The van der Waals surface area contributed by atoms with Crippen molar-refractivity contribution in [2.45, 2.75) is 50.0 Å². The minimum Gasteiger partial charge on any atom is -0.474 e. The molecule has 4 nitrogen and oxygen atoms in total. The molecule has 2 heterocycles. The second-order valence-corrected chi connectivity index (χ2v) is 11.3. The summed E-state index contributed by atoms with van der Waals surface area (Å²) in [5.74, 6) is 1.54. The van der Waals surface area contributed by atoms with Gasteiger partial charge in [0, 0.05) is 12.8 Å². The predicted molar refractivity (Wildman–Crippen MR) is 153 cm³/mol. The molecule has 4 atom stereocenters. The van der Waals surface area contributed by atoms with Gasteiger partial charge in [0.1, 0.15) is 29.7 Å². The lowest BCUT2D eigenvalue weighted by molar-refractivity contribution is 0.162. The smallest absolute Gasteiger partial charge is 0.201 e. The fourth-order valence-corrected chi connectivity index (χ4v) is 7.01. The van der Waals surface area contributed by atoms with Crippen molar-refractivity contribution in [3.63, 3.8) is 0 Å². The van der Waals surface area contributed by atoms with Crippen LogP contribution in [-0.4, -0.2) is 24.0 Å². The van der Waals surface area contributed by atoms with Crippen molar-refractivity contribution in [3.05, 3.63) is 143 Å². The minimum atomic E-state index is -0.638. The molecule has 0 bridgehead atoms. The molecule has 192 valence electrons. The van der Waals surface area contributed by atoms with E-state index in [9.17, 15) is 0 Å². The maximum atomic E-state index is 6.87. The number of rotatable bonds is 6. The van der Waals surface area contributed by atoms with E-state index in [1.807, 2.05) is 0 Å². The van der Waals surface area contributed by atoms with Gasteiger partial charge in [-0.15, -0.1) is 0 Å². The average Bonchev–Trinajstić information content (AvgIpc) is 3.73. The van der Waals surface area contributed by atoms with Crippen LogP contribution in [0.5, 0.6) is 0 Å². The first kappa shape index (κ1) is 22.8. The van der Waals surface area contributed by atoms with Crippen molar-refractivity contribution in [1.82, 2.24) is 0 Å². The number of nitrogens with zero attached hydrogens (tertiary/aromatic N) is 2. The lowest BCUT2D eigenvalue weighted by Gasteiger charge is -2.34. The van der Waals surface area contributed by atoms with E-state index in [1.54, 1.807) is 0 Å². The van der Waals surface area contributed by atoms with Gasteiger partial charge < -0.3 is 9.47 Å². The van der Waals surface area contributed by atoms with Crippen LogP contribution in [0.2, 0.25) is 0 Å². The van der Waals surface area contributed by atoms with Gasteiger partial charge in [-0.1, -0.05) is 109 Å². The lowest BCUT2D eigenvalue weighted by Crippen LogP contribution is -2.45. The van der Waals surface area contributed by atoms with Gasteiger partial charge in [-0.2, -0.15) is 0 Å². The summed E-state index contributed by atoms with van der Waals surface area (Å²) < 4.78 is 13.7. The van der Waals surface area contributed by atoms with Crippen LogP contribution in [-0.2, 0) is 35.2 Å². The van der Waals surface area contributed by atoms with Crippen LogP contribution in [0.4, 0.5) is 0 Å². The molecule has 4 aliphatic rings. The van der Waals surface area contributed by atoms with Gasteiger partial charge in [0.05, 0.1) is 0 Å². The second kappa shape index (κ2) is 8.94. The molecule has 0 saturated carbocycles. The Morgan fingerprint density at radius 3 is 1.41 bits per heavy atom. The summed E-state index contributed by atoms with van der Waals surface area (Å²) in [5.41, 5.74) is 7.06. The van der Waals surface area contributed by atoms with E-state index in [0.717, 1.165) is 24.6 Å². The molecule has 39 heavy (non-hydrogen) atoms. The van der Waals surface area contributed by atoms with Crippen molar-refractivity contribution in [2.75, 3.05) is 0 Å². The van der Waals surface area contributed by atoms with Crippen LogP contribution in [0, 0.1) is 5.41 Å². The molecule has 0 saturated heterocycles. The number of hydrogen-bond acceptors (Lipinski definition) is 4. The monoisotopic (exact) mass is 510 g/mol. The van der Waals surface area contributed by atoms with E-state index >= 15 is 0 Å². The standard InChI is InChI=1S/C35H30N2O2/c1-3-11-23(12-4-1)21-35(22-24-13-5-2-6-14-24,33-36-31-27-17-9-7-15-25(27)19-29(31)38-33)34-37-32-28-18-10-8-16-26(28)20-30(32)39-34/h1-18,29-32H,19-22H2/t29-,30-,31+,32+/m1/s1. The van der Waals surface area contributed by atoms with Gasteiger partial charge in [-0.3, -0.25) is 0 Å². The zero-order valence-corrected chi connectivity index (χ0v) is 21.7. The highest BCUT2D eigenvalue weighted by molar-refractivity contribution is 6.07. The molecule has 4 aromatic rings. The van der Waals surface area contributed by atoms with Crippen LogP contribution >= 0.6 is 0 Å². The highest BCUT2D eigenvalue weighted by atomic mass is 16.5. The molecule has 2 aliphatic heterocycles. The summed E-state index contributed by atoms with van der Waals surface area (Å²) in [6.45, 7) is 0. The highest BCUT2D eigenvalue weighted by Gasteiger charge is 2.54. The summed E-state index contributed by atoms with van der Waals surface area (Å²) in [5, 5.41) is 0. The first-order chi connectivity index (χ1) is 19.3. The Labute approximate surface area is 229 Å². The van der Waals surface area contributed by atoms with E-state index in [0.29, 0.717) is 12.8 Å². The first-order valence-corrected chi connectivity index (χ1v) is 14.0. The van der Waals surface area contributed by atoms with Crippen molar-refractivity contribution in [1.29, 1.82) is 0 Å². The van der Waals surface area contributed by atoms with E-state index in [2.05, 4.69) is 109 Å². The molecule has 4 heteroatoms. The van der Waals surface area contributed by atoms with Crippen molar-refractivity contribution < 1.29 is 9.47 Å². The Morgan fingerprint density at radius 2 is 0.949 bits per heavy atom. The fraction of sp³-hybridized carbons (Fsp3) is 0.257. The molecule has 0 amide bonds. The molecule has 0 radical (unpaired) electrons. The Balaban J connectivity index is 1.28. The number of aliphatic imine (C=N–C) groups is 2. The first-order valence-electron chi connectivity index (χ1n) is 14.0. The van der Waals surface area contributed by atoms with Gasteiger partial charge in [0.15, 0.2) is 0 Å². The second-order valence-electron chi connectivity index (χ2n) is 11.3. The maximum Gasteiger partial charge on any atom is 0.201 e. The third-order valence-corrected chi connectivity index (χ3v) is 8.85. The number of fused-ring (bicyclic) bond motifs is 6. The Hall–Kier alpha value is -4.18. The van der Waals surface area contributed by atoms with Crippen LogP contribution in [0.25, 0.3) is 0 Å². The van der Waals surface area contributed by atoms with Gasteiger partial charge in [0.2, 0.25) is 11.8 Å². The Morgan fingerprint density at radius 1 is 0.538 bits per heavy atom. The zero-order valence-electron chi connectivity index (χ0n) is 21.7. The van der Waals surface area contributed by atoms with Crippen molar-refractivity contribution >= 4 is 11.8 Å². The highest BCUT2D eigenvalue weighted by Crippen LogP contribution is 2.49. The molecule has 0 spiro atoms. The Bertz CT molecular complexity index is 1470. The van der Waals surface area contributed by atoms with Gasteiger partial charge in [0.25, 0.3) is 0 Å². The number of benzene rings is 4. The molecule has 4 aromatic carbocycles. The SMILES string of the molecule is c1ccc(CC(Cc2ccccc2)(C2=N[C@H]3c4ccccc4C[C@H]3O2)C2=N[C@H]3c4ccccc4C[C@H]3O2)cc1. The van der Waals surface area contributed by atoms with Crippen LogP contribution in [0.3, 0.4) is 0 Å². The molecule has 2 aliphatic carbocycles. The van der Waals surface area contributed by atoms with E-state index < -0.39 is 5.41 Å². The molecular formula is C35H30N2O2. The molecule has 8 rings (SSSR count). The van der Waals surface area contributed by atoms with Gasteiger partial charge >= 0.3 is 0 Å². The lowest BCUT2D eigenvalue weighted by atomic mass is 9.75. The quantitative estimate of drug-likeness (QED) is 0.292. The topological polar surface area (TPSA) is 43.2 Å². The van der Waals surface area contributed by atoms with Crippen LogP contribution in [0.15, 0.2) is 119 Å². The van der Waals surface area contributed by atoms with E-state index in [4.69, 9.17) is 19.5 Å². The van der Waals surface area contributed by atoms with Gasteiger partial charge in [-0.25, -0.2) is 9.98 Å². The van der Waals surface area contributed by atoms with Crippen molar-refractivity contribution in [3.8, 4) is 0 Å². The molecule has 0 unspecified atom stereocenters. The summed E-state index contributed by atoms with van der Waals surface area (Å²) in [7, 11) is 0. The van der Waals surface area contributed by atoms with Crippen LogP contribution in [0.1, 0.15) is 45.5 Å². The molecule has 0 aromatic heterocycles. The molecule has 0 N–H and O–H groups in total. The summed E-state index contributed by atoms with van der Waals surface area (Å²) in [4.78, 5) is 10.7. The van der Waals surface area contributed by atoms with E-state index in [-0.39, 0.29) is 24.3 Å². The van der Waals surface area contributed by atoms with Gasteiger partial charge in [-0.05, 0) is 46.2 Å². The fourth-order valence-electron chi connectivity index (χ4n) is 7.01. The maximum absolute atomic E-state index is 6.87. The normalized spacial score (nSPS) is 24.1. The van der Waals surface area contributed by atoms with Crippen molar-refractivity contribution in [2.24, 2.45) is 15.4 Å². The summed E-state index contributed by atoms with van der Waals surface area (Å²) in [6.07, 6.45) is 3.22. The summed E-state index contributed by atoms with van der Waals surface area (Å²) >= 11 is 0. The van der Waals surface area contributed by atoms with Crippen LogP contribution < -0.4 is 0 Å². The third-order valence-electron chi connectivity index (χ3n) is 8.85. The average molecular weight is 511 g/mol. The minimum absolute atomic E-state index is 0.0179. The predicted octanol–water partition coefficient (Wildman–Crippen LogP) is 6.65. The number of hydrogen-bond donors (Lipinski definition) is 0. The largest absolute Gasteiger partial charge is 0.474 e. The summed E-state index contributed by atoms with van der Waals surface area (Å²) in [6, 6.07) is 38.6. The van der Waals surface area contributed by atoms with E-state index in [1.165, 1.54) is 33.4 Å². The zero-order chi connectivity index (χ0) is 25.8. The number of ether oxygens (including phenoxy) is 2. The Kier molecular flexibility index (Phi) is 5.22. The molecular weight excluding hydrogens is 480 g/mol.